The molecule has 0 bridgehead atoms. The number of hydrogen-bond donors (Lipinski definition) is 1. The second-order valence-electron chi connectivity index (χ2n) is 4.59. The highest BCUT2D eigenvalue weighted by Crippen LogP contribution is 2.42. The molecule has 1 N–H and O–H groups in total. The zero-order chi connectivity index (χ0) is 11.0. The molecule has 2 aliphatic rings. The van der Waals surface area contributed by atoms with Crippen molar-refractivity contribution in [2.75, 3.05) is 24.7 Å². The smallest absolute Gasteiger partial charge is 0.101 e. The van der Waals surface area contributed by atoms with Gasteiger partial charge >= 0.3 is 0 Å². The first-order valence-corrected chi connectivity index (χ1v) is 6.96. The monoisotopic (exact) mass is 239 g/mol. The number of rotatable bonds is 1. The molecule has 88 valence electrons. The molecule has 1 aromatic rings. The fourth-order valence-electron chi connectivity index (χ4n) is 2.67. The third kappa shape index (κ3) is 1.69. The van der Waals surface area contributed by atoms with Gasteiger partial charge < -0.3 is 14.5 Å². The van der Waals surface area contributed by atoms with E-state index in [0.717, 1.165) is 31.1 Å². The maximum atomic E-state index is 6.08. The number of furan rings is 1. The minimum atomic E-state index is -0.000764. The number of ether oxygens (including phenoxy) is 1. The Bertz CT molecular complexity index is 371. The van der Waals surface area contributed by atoms with Crippen LogP contribution in [0.1, 0.15) is 23.8 Å². The van der Waals surface area contributed by atoms with Gasteiger partial charge in [-0.05, 0) is 25.2 Å². The van der Waals surface area contributed by atoms with Gasteiger partial charge in [0.2, 0.25) is 0 Å². The standard InChI is InChI=1S/C12H17NO2S/c1-9-6-10(7-14-9)11-12(2-5-16-8-12)15-4-3-13-11/h6-7,11,13H,2-5,8H2,1H3. The van der Waals surface area contributed by atoms with Gasteiger partial charge in [-0.3, -0.25) is 0 Å². The fourth-order valence-corrected chi connectivity index (χ4v) is 4.04. The van der Waals surface area contributed by atoms with E-state index in [1.807, 2.05) is 24.9 Å². The molecule has 0 radical (unpaired) electrons. The third-order valence-corrected chi connectivity index (χ3v) is 4.65. The van der Waals surface area contributed by atoms with Crippen LogP contribution in [0.5, 0.6) is 0 Å². The number of thioether (sulfide) groups is 1. The van der Waals surface area contributed by atoms with Gasteiger partial charge in [0.25, 0.3) is 0 Å². The topological polar surface area (TPSA) is 34.4 Å². The van der Waals surface area contributed by atoms with Crippen LogP contribution >= 0.6 is 11.8 Å². The van der Waals surface area contributed by atoms with Gasteiger partial charge in [0.1, 0.15) is 5.76 Å². The Morgan fingerprint density at radius 2 is 2.50 bits per heavy atom. The largest absolute Gasteiger partial charge is 0.469 e. The molecular formula is C12H17NO2S. The van der Waals surface area contributed by atoms with Crippen molar-refractivity contribution < 1.29 is 9.15 Å². The van der Waals surface area contributed by atoms with E-state index in [1.54, 1.807) is 0 Å². The van der Waals surface area contributed by atoms with Crippen molar-refractivity contribution in [3.8, 4) is 0 Å². The number of aryl methyl sites for hydroxylation is 1. The highest BCUT2D eigenvalue weighted by Gasteiger charge is 2.45. The van der Waals surface area contributed by atoms with Crippen molar-refractivity contribution in [3.05, 3.63) is 23.7 Å². The average Bonchev–Trinajstić information content (AvgIpc) is 2.90. The summed E-state index contributed by atoms with van der Waals surface area (Å²) in [6.07, 6.45) is 3.01. The molecule has 0 aromatic carbocycles. The maximum absolute atomic E-state index is 6.08. The van der Waals surface area contributed by atoms with Crippen LogP contribution in [0.25, 0.3) is 0 Å². The van der Waals surface area contributed by atoms with Crippen LogP contribution in [0.3, 0.4) is 0 Å². The Morgan fingerprint density at radius 1 is 1.56 bits per heavy atom. The van der Waals surface area contributed by atoms with Crippen molar-refractivity contribution >= 4 is 11.8 Å². The molecule has 2 fully saturated rings. The SMILES string of the molecule is Cc1cc(C2NCCOC23CCSC3)co1. The molecule has 1 spiro atoms. The predicted octanol–water partition coefficient (Wildman–Crippen LogP) is 2.12. The summed E-state index contributed by atoms with van der Waals surface area (Å²) in [5.74, 6) is 3.27. The molecule has 2 saturated heterocycles. The molecule has 0 amide bonds. The summed E-state index contributed by atoms with van der Waals surface area (Å²) in [5.41, 5.74) is 1.24. The lowest BCUT2D eigenvalue weighted by Gasteiger charge is -2.41. The zero-order valence-corrected chi connectivity index (χ0v) is 10.3. The van der Waals surface area contributed by atoms with Crippen LogP contribution < -0.4 is 5.32 Å². The number of hydrogen-bond acceptors (Lipinski definition) is 4. The summed E-state index contributed by atoms with van der Waals surface area (Å²) in [4.78, 5) is 0. The van der Waals surface area contributed by atoms with Gasteiger partial charge in [-0.25, -0.2) is 0 Å². The Labute approximate surface area is 99.9 Å². The first kappa shape index (κ1) is 10.7. The van der Waals surface area contributed by atoms with Crippen LogP contribution in [0, 0.1) is 6.92 Å². The Kier molecular flexibility index (Phi) is 2.73. The molecule has 3 rings (SSSR count). The van der Waals surface area contributed by atoms with E-state index in [0.29, 0.717) is 6.04 Å². The fraction of sp³-hybridized carbons (Fsp3) is 0.667. The Balaban J connectivity index is 1.91. The molecule has 16 heavy (non-hydrogen) atoms. The normalized spacial score (nSPS) is 34.7. The van der Waals surface area contributed by atoms with E-state index < -0.39 is 0 Å². The summed E-state index contributed by atoms with van der Waals surface area (Å²) >= 11 is 1.99. The lowest BCUT2D eigenvalue weighted by Crippen LogP contribution is -2.52. The van der Waals surface area contributed by atoms with Crippen molar-refractivity contribution in [3.63, 3.8) is 0 Å². The maximum Gasteiger partial charge on any atom is 0.101 e. The molecule has 2 aliphatic heterocycles. The van der Waals surface area contributed by atoms with Gasteiger partial charge in [-0.2, -0.15) is 11.8 Å². The van der Waals surface area contributed by atoms with Gasteiger partial charge in [0.15, 0.2) is 0 Å². The summed E-state index contributed by atoms with van der Waals surface area (Å²) in [7, 11) is 0. The van der Waals surface area contributed by atoms with Crippen LogP contribution in [-0.2, 0) is 4.74 Å². The molecule has 2 atom stereocenters. The van der Waals surface area contributed by atoms with Crippen molar-refractivity contribution in [1.29, 1.82) is 0 Å². The van der Waals surface area contributed by atoms with Crippen LogP contribution in [0.2, 0.25) is 0 Å². The Hall–Kier alpha value is -0.450. The lowest BCUT2D eigenvalue weighted by molar-refractivity contribution is -0.0797. The summed E-state index contributed by atoms with van der Waals surface area (Å²) < 4.78 is 11.5. The van der Waals surface area contributed by atoms with Gasteiger partial charge in [0, 0.05) is 17.9 Å². The quantitative estimate of drug-likeness (QED) is 0.814. The summed E-state index contributed by atoms with van der Waals surface area (Å²) in [6.45, 7) is 3.75. The molecule has 3 nitrogen and oxygen atoms in total. The second-order valence-corrected chi connectivity index (χ2v) is 5.70. The zero-order valence-electron chi connectivity index (χ0n) is 9.49. The van der Waals surface area contributed by atoms with Crippen molar-refractivity contribution in [1.82, 2.24) is 5.32 Å². The van der Waals surface area contributed by atoms with Crippen LogP contribution in [0.4, 0.5) is 0 Å². The van der Waals surface area contributed by atoms with Gasteiger partial charge in [0.05, 0.1) is 24.5 Å². The molecule has 3 heterocycles. The minimum absolute atomic E-state index is 0.000764. The average molecular weight is 239 g/mol. The predicted molar refractivity (Wildman–Crippen MR) is 64.8 cm³/mol. The molecule has 2 unspecified atom stereocenters. The minimum Gasteiger partial charge on any atom is -0.469 e. The second kappa shape index (κ2) is 4.09. The Morgan fingerprint density at radius 3 is 3.19 bits per heavy atom. The molecule has 0 aliphatic carbocycles. The van der Waals surface area contributed by atoms with Crippen LogP contribution in [-0.4, -0.2) is 30.3 Å². The van der Waals surface area contributed by atoms with Gasteiger partial charge in [-0.1, -0.05) is 0 Å². The molecule has 0 saturated carbocycles. The number of morpholine rings is 1. The van der Waals surface area contributed by atoms with E-state index in [2.05, 4.69) is 11.4 Å². The lowest BCUT2D eigenvalue weighted by atomic mass is 9.87. The first-order valence-electron chi connectivity index (χ1n) is 5.80. The van der Waals surface area contributed by atoms with E-state index >= 15 is 0 Å². The molecule has 4 heteroatoms. The van der Waals surface area contributed by atoms with Gasteiger partial charge in [-0.15, -0.1) is 0 Å². The molecular weight excluding hydrogens is 222 g/mol. The first-order chi connectivity index (χ1) is 7.80. The highest BCUT2D eigenvalue weighted by molar-refractivity contribution is 7.99. The highest BCUT2D eigenvalue weighted by atomic mass is 32.2. The van der Waals surface area contributed by atoms with E-state index in [9.17, 15) is 0 Å². The number of nitrogens with one attached hydrogen (secondary N) is 1. The van der Waals surface area contributed by atoms with E-state index in [1.165, 1.54) is 11.3 Å². The van der Waals surface area contributed by atoms with E-state index in [4.69, 9.17) is 9.15 Å². The van der Waals surface area contributed by atoms with Crippen molar-refractivity contribution in [2.45, 2.75) is 25.0 Å². The van der Waals surface area contributed by atoms with E-state index in [-0.39, 0.29) is 5.60 Å². The van der Waals surface area contributed by atoms with Crippen molar-refractivity contribution in [2.24, 2.45) is 0 Å². The third-order valence-electron chi connectivity index (χ3n) is 3.47. The summed E-state index contributed by atoms with van der Waals surface area (Å²) in [6, 6.07) is 2.42. The van der Waals surface area contributed by atoms with Crippen LogP contribution in [0.15, 0.2) is 16.7 Å². The summed E-state index contributed by atoms with van der Waals surface area (Å²) in [5, 5.41) is 3.58. The molecule has 1 aromatic heterocycles.